The van der Waals surface area contributed by atoms with E-state index in [4.69, 9.17) is 4.74 Å². The van der Waals surface area contributed by atoms with Crippen molar-refractivity contribution in [3.8, 4) is 17.1 Å². The number of carbonyl (C=O) groups excluding carboxylic acids is 1. The van der Waals surface area contributed by atoms with Crippen LogP contribution in [0.3, 0.4) is 0 Å². The minimum absolute atomic E-state index is 0.148. The van der Waals surface area contributed by atoms with Crippen LogP contribution in [0.2, 0.25) is 0 Å². The molecule has 1 fully saturated rings. The molecule has 0 radical (unpaired) electrons. The lowest BCUT2D eigenvalue weighted by Gasteiger charge is -2.13. The van der Waals surface area contributed by atoms with E-state index in [1.165, 1.54) is 18.4 Å². The molecule has 6 heteroatoms. The fourth-order valence-electron chi connectivity index (χ4n) is 3.52. The fourth-order valence-corrected chi connectivity index (χ4v) is 3.52. The van der Waals surface area contributed by atoms with Crippen molar-refractivity contribution < 1.29 is 9.53 Å². The van der Waals surface area contributed by atoms with E-state index in [0.29, 0.717) is 23.8 Å². The van der Waals surface area contributed by atoms with Gasteiger partial charge in [0.05, 0.1) is 12.2 Å². The largest absolute Gasteiger partial charge is 0.493 e. The molecule has 2 bridgehead atoms. The van der Waals surface area contributed by atoms with Crippen molar-refractivity contribution >= 4 is 11.6 Å². The maximum absolute atomic E-state index is 13.0. The number of carbonyl (C=O) groups is 1. The summed E-state index contributed by atoms with van der Waals surface area (Å²) in [6, 6.07) is 13.7. The lowest BCUT2D eigenvalue weighted by molar-refractivity contribution is 0.102. The molecule has 136 valence electrons. The summed E-state index contributed by atoms with van der Waals surface area (Å²) in [5, 5.41) is 11.3. The first-order valence-electron chi connectivity index (χ1n) is 9.34. The summed E-state index contributed by atoms with van der Waals surface area (Å²) in [7, 11) is 0. The van der Waals surface area contributed by atoms with Gasteiger partial charge in [0.2, 0.25) is 0 Å². The third-order valence-electron chi connectivity index (χ3n) is 5.09. The average molecular weight is 360 g/mol. The minimum Gasteiger partial charge on any atom is -0.493 e. The van der Waals surface area contributed by atoms with E-state index in [0.717, 1.165) is 30.0 Å². The van der Waals surface area contributed by atoms with Crippen LogP contribution in [0.5, 0.6) is 5.75 Å². The van der Waals surface area contributed by atoms with Crippen LogP contribution in [0.25, 0.3) is 11.4 Å². The normalized spacial score (nSPS) is 16.7. The molecular weight excluding hydrogens is 340 g/mol. The molecule has 0 atom stereocenters. The number of benzene rings is 2. The number of aryl methyl sites for hydroxylation is 1. The molecule has 1 amide bonds. The molecule has 6 nitrogen and oxygen atoms in total. The van der Waals surface area contributed by atoms with Gasteiger partial charge in [0.1, 0.15) is 12.1 Å². The second-order valence-electron chi connectivity index (χ2n) is 7.11. The summed E-state index contributed by atoms with van der Waals surface area (Å²) in [6.45, 7) is 1.28. The highest BCUT2D eigenvalue weighted by atomic mass is 16.5. The summed E-state index contributed by atoms with van der Waals surface area (Å²) >= 11 is 0. The topological polar surface area (TPSA) is 69.0 Å². The number of anilines is 1. The van der Waals surface area contributed by atoms with Crippen molar-refractivity contribution in [3.05, 3.63) is 59.9 Å². The molecule has 1 aromatic heterocycles. The number of nitrogens with zero attached hydrogens (tertiary/aromatic N) is 3. The zero-order valence-corrected chi connectivity index (χ0v) is 14.9. The molecule has 1 saturated carbocycles. The maximum Gasteiger partial charge on any atom is 0.259 e. The van der Waals surface area contributed by atoms with Gasteiger partial charge in [-0.15, -0.1) is 10.2 Å². The quantitative estimate of drug-likeness (QED) is 0.715. The molecule has 2 aliphatic rings. The summed E-state index contributed by atoms with van der Waals surface area (Å²) < 4.78 is 7.98. The first-order valence-corrected chi connectivity index (χ1v) is 9.34. The molecular formula is C21H20N4O2. The van der Waals surface area contributed by atoms with Crippen LogP contribution in [0, 0.1) is 0 Å². The first kappa shape index (κ1) is 16.1. The lowest BCUT2D eigenvalue weighted by Crippen LogP contribution is -2.14. The van der Waals surface area contributed by atoms with E-state index in [-0.39, 0.29) is 5.91 Å². The van der Waals surface area contributed by atoms with E-state index >= 15 is 0 Å². The van der Waals surface area contributed by atoms with Gasteiger partial charge >= 0.3 is 0 Å². The summed E-state index contributed by atoms with van der Waals surface area (Å²) in [5.74, 6) is 1.86. The molecule has 1 aliphatic carbocycles. The van der Waals surface area contributed by atoms with Crippen LogP contribution < -0.4 is 10.1 Å². The van der Waals surface area contributed by atoms with Crippen LogP contribution in [-0.4, -0.2) is 27.3 Å². The van der Waals surface area contributed by atoms with E-state index in [2.05, 4.69) is 21.6 Å². The van der Waals surface area contributed by atoms with Crippen molar-refractivity contribution in [1.29, 1.82) is 0 Å². The number of nitrogens with one attached hydrogen (secondary N) is 1. The Labute approximate surface area is 157 Å². The Hall–Kier alpha value is -3.15. The molecule has 5 rings (SSSR count). The smallest absolute Gasteiger partial charge is 0.259 e. The second-order valence-corrected chi connectivity index (χ2v) is 7.11. The summed E-state index contributed by atoms with van der Waals surface area (Å²) in [5.41, 5.74) is 3.48. The van der Waals surface area contributed by atoms with Crippen LogP contribution in [-0.2, 0) is 6.54 Å². The average Bonchev–Trinajstić information content (AvgIpc) is 3.43. The van der Waals surface area contributed by atoms with Crippen LogP contribution in [0.4, 0.5) is 5.69 Å². The second kappa shape index (κ2) is 6.54. The summed E-state index contributed by atoms with van der Waals surface area (Å²) in [4.78, 5) is 13.0. The van der Waals surface area contributed by atoms with Gasteiger partial charge in [-0.2, -0.15) is 0 Å². The SMILES string of the molecule is O=C1Nc2cccc(c2)-c2nncn2CCCOc2ccc(C3CC3)cc21. The molecule has 1 aliphatic heterocycles. The highest BCUT2D eigenvalue weighted by Gasteiger charge is 2.25. The number of hydrogen-bond donors (Lipinski definition) is 1. The van der Waals surface area contributed by atoms with Gasteiger partial charge in [-0.3, -0.25) is 4.79 Å². The van der Waals surface area contributed by atoms with Crippen molar-refractivity contribution in [1.82, 2.24) is 14.8 Å². The van der Waals surface area contributed by atoms with Gasteiger partial charge in [0.15, 0.2) is 5.82 Å². The zero-order valence-electron chi connectivity index (χ0n) is 14.9. The molecule has 2 aromatic carbocycles. The Bertz CT molecular complexity index is 1010. The number of ether oxygens (including phenoxy) is 1. The van der Waals surface area contributed by atoms with Crippen LogP contribution in [0.1, 0.15) is 41.1 Å². The van der Waals surface area contributed by atoms with Gasteiger partial charge in [-0.1, -0.05) is 18.2 Å². The molecule has 0 unspecified atom stereocenters. The number of rotatable bonds is 1. The van der Waals surface area contributed by atoms with E-state index in [1.807, 2.05) is 41.0 Å². The van der Waals surface area contributed by atoms with E-state index in [1.54, 1.807) is 6.33 Å². The van der Waals surface area contributed by atoms with Crippen molar-refractivity contribution in [2.24, 2.45) is 0 Å². The Morgan fingerprint density at radius 3 is 2.96 bits per heavy atom. The molecule has 0 spiro atoms. The van der Waals surface area contributed by atoms with Crippen molar-refractivity contribution in [3.63, 3.8) is 0 Å². The fraction of sp³-hybridized carbons (Fsp3) is 0.286. The van der Waals surface area contributed by atoms with Crippen molar-refractivity contribution in [2.75, 3.05) is 11.9 Å². The molecule has 0 saturated heterocycles. The number of amides is 1. The predicted octanol–water partition coefficient (Wildman–Crippen LogP) is 3.86. The molecule has 1 N–H and O–H groups in total. The molecule has 3 aromatic rings. The van der Waals surface area contributed by atoms with Gasteiger partial charge in [-0.05, 0) is 55.0 Å². The predicted molar refractivity (Wildman–Crippen MR) is 102 cm³/mol. The number of hydrogen-bond acceptors (Lipinski definition) is 4. The minimum atomic E-state index is -0.148. The molecule has 2 heterocycles. The highest BCUT2D eigenvalue weighted by Crippen LogP contribution is 2.41. The monoisotopic (exact) mass is 360 g/mol. The standard InChI is InChI=1S/C21H20N4O2/c26-21-18-12-15(14-5-6-14)7-8-19(18)27-10-2-9-25-13-22-24-20(25)16-3-1-4-17(11-16)23-21/h1,3-4,7-8,11-14H,2,5-6,9-10H2,(H,23,26). The van der Waals surface area contributed by atoms with E-state index in [9.17, 15) is 4.79 Å². The zero-order chi connectivity index (χ0) is 18.2. The van der Waals surface area contributed by atoms with Gasteiger partial charge in [-0.25, -0.2) is 0 Å². The summed E-state index contributed by atoms with van der Waals surface area (Å²) in [6.07, 6.45) is 4.93. The third kappa shape index (κ3) is 3.18. The first-order chi connectivity index (χ1) is 13.3. The Kier molecular flexibility index (Phi) is 3.89. The maximum atomic E-state index is 13.0. The van der Waals surface area contributed by atoms with Crippen LogP contribution >= 0.6 is 0 Å². The number of aromatic nitrogens is 3. The van der Waals surface area contributed by atoms with Crippen molar-refractivity contribution in [2.45, 2.75) is 31.7 Å². The highest BCUT2D eigenvalue weighted by molar-refractivity contribution is 6.06. The third-order valence-corrected chi connectivity index (χ3v) is 5.09. The van der Waals surface area contributed by atoms with Crippen LogP contribution in [0.15, 0.2) is 48.8 Å². The van der Waals surface area contributed by atoms with Gasteiger partial charge in [0.25, 0.3) is 5.91 Å². The number of fused-ring (bicyclic) bond motifs is 5. The lowest BCUT2D eigenvalue weighted by atomic mass is 10.1. The Morgan fingerprint density at radius 1 is 1.15 bits per heavy atom. The Balaban J connectivity index is 1.55. The van der Waals surface area contributed by atoms with Gasteiger partial charge < -0.3 is 14.6 Å². The molecule has 27 heavy (non-hydrogen) atoms. The van der Waals surface area contributed by atoms with Gasteiger partial charge in [0, 0.05) is 17.8 Å². The Morgan fingerprint density at radius 2 is 2.07 bits per heavy atom. The van der Waals surface area contributed by atoms with E-state index < -0.39 is 0 Å².